The van der Waals surface area contributed by atoms with E-state index >= 15 is 0 Å². The van der Waals surface area contributed by atoms with Crippen LogP contribution in [0.5, 0.6) is 5.75 Å². The molecule has 1 aliphatic heterocycles. The molecule has 0 saturated carbocycles. The molecule has 1 heterocycles. The number of halogens is 3. The molecule has 0 bridgehead atoms. The van der Waals surface area contributed by atoms with E-state index in [1.165, 1.54) is 17.0 Å². The Morgan fingerprint density at radius 2 is 1.68 bits per heavy atom. The van der Waals surface area contributed by atoms with Crippen molar-refractivity contribution in [2.24, 2.45) is 5.73 Å². The van der Waals surface area contributed by atoms with Crippen molar-refractivity contribution in [2.75, 3.05) is 32.8 Å². The molecule has 0 spiro atoms. The van der Waals surface area contributed by atoms with Crippen molar-refractivity contribution in [3.63, 3.8) is 0 Å². The number of rotatable bonds is 6. The van der Waals surface area contributed by atoms with Crippen LogP contribution >= 0.6 is 0 Å². The summed E-state index contributed by atoms with van der Waals surface area (Å²) in [5.41, 5.74) is 5.40. The topological polar surface area (TPSA) is 110 Å². The lowest BCUT2D eigenvalue weighted by atomic mass is 10.2. The highest BCUT2D eigenvalue weighted by atomic mass is 32.2. The second kappa shape index (κ2) is 8.94. The van der Waals surface area contributed by atoms with Gasteiger partial charge in [0.1, 0.15) is 10.6 Å². The van der Waals surface area contributed by atoms with Gasteiger partial charge in [0, 0.05) is 31.7 Å². The van der Waals surface area contributed by atoms with Crippen LogP contribution in [-0.4, -0.2) is 62.2 Å². The summed E-state index contributed by atoms with van der Waals surface area (Å²) in [6.45, 7) is -0.692. The molecule has 8 nitrogen and oxygen atoms in total. The maximum Gasteiger partial charge on any atom is 0.260 e. The monoisotopic (exact) mass is 457 g/mol. The average Bonchev–Trinajstić information content (AvgIpc) is 2.76. The zero-order valence-corrected chi connectivity index (χ0v) is 16.9. The number of sulfonamides is 1. The molecule has 2 aromatic rings. The molecule has 0 radical (unpaired) electrons. The standard InChI is InChI=1S/C19H18F3N3O5S/c20-14-4-5-15(18(22)17(14)21)31(28,29)25-8-6-24(7-9-25)16(26)11-30-13-3-1-2-12(10-13)19(23)27/h1-5,10H,6-9,11H2,(H2,23,27). The smallest absolute Gasteiger partial charge is 0.260 e. The first kappa shape index (κ1) is 22.6. The number of nitrogens with two attached hydrogens (primary N) is 1. The number of piperazine rings is 1. The van der Waals surface area contributed by atoms with Crippen molar-refractivity contribution in [1.29, 1.82) is 0 Å². The summed E-state index contributed by atoms with van der Waals surface area (Å²) < 4.78 is 71.8. The summed E-state index contributed by atoms with van der Waals surface area (Å²) in [7, 11) is -4.41. The Labute approximate surface area is 176 Å². The minimum atomic E-state index is -4.41. The Kier molecular flexibility index (Phi) is 6.51. The molecule has 0 aromatic heterocycles. The zero-order valence-electron chi connectivity index (χ0n) is 16.1. The van der Waals surface area contributed by atoms with Gasteiger partial charge in [-0.3, -0.25) is 9.59 Å². The first-order valence-corrected chi connectivity index (χ1v) is 10.5. The lowest BCUT2D eigenvalue weighted by molar-refractivity contribution is -0.134. The predicted molar refractivity (Wildman–Crippen MR) is 102 cm³/mol. The third kappa shape index (κ3) is 4.80. The molecule has 166 valence electrons. The Bertz CT molecular complexity index is 1120. The summed E-state index contributed by atoms with van der Waals surface area (Å²) in [6, 6.07) is 7.16. The molecular weight excluding hydrogens is 439 g/mol. The van der Waals surface area contributed by atoms with Crippen LogP contribution in [0.2, 0.25) is 0 Å². The summed E-state index contributed by atoms with van der Waals surface area (Å²) in [5, 5.41) is 0. The molecular formula is C19H18F3N3O5S. The third-order valence-electron chi connectivity index (χ3n) is 4.69. The molecule has 1 fully saturated rings. The number of hydrogen-bond acceptors (Lipinski definition) is 5. The summed E-state index contributed by atoms with van der Waals surface area (Å²) in [4.78, 5) is 23.9. The van der Waals surface area contributed by atoms with Crippen LogP contribution in [0, 0.1) is 17.5 Å². The van der Waals surface area contributed by atoms with Crippen LogP contribution in [0.3, 0.4) is 0 Å². The van der Waals surface area contributed by atoms with Crippen LogP contribution in [0.15, 0.2) is 41.3 Å². The molecule has 1 aliphatic rings. The van der Waals surface area contributed by atoms with Gasteiger partial charge in [-0.15, -0.1) is 0 Å². The van der Waals surface area contributed by atoms with Gasteiger partial charge in [-0.05, 0) is 30.3 Å². The van der Waals surface area contributed by atoms with Crippen LogP contribution in [-0.2, 0) is 14.8 Å². The Morgan fingerprint density at radius 1 is 1.00 bits per heavy atom. The number of carbonyl (C=O) groups is 2. The largest absolute Gasteiger partial charge is 0.484 e. The van der Waals surface area contributed by atoms with Crippen LogP contribution in [0.4, 0.5) is 13.2 Å². The molecule has 2 N–H and O–H groups in total. The van der Waals surface area contributed by atoms with Crippen molar-refractivity contribution >= 4 is 21.8 Å². The third-order valence-corrected chi connectivity index (χ3v) is 6.61. The molecule has 0 aliphatic carbocycles. The van der Waals surface area contributed by atoms with Gasteiger partial charge in [0.15, 0.2) is 24.1 Å². The van der Waals surface area contributed by atoms with Gasteiger partial charge in [-0.25, -0.2) is 21.6 Å². The first-order valence-electron chi connectivity index (χ1n) is 9.05. The minimum absolute atomic E-state index is 0.00591. The first-order chi connectivity index (χ1) is 14.6. The van der Waals surface area contributed by atoms with Crippen molar-refractivity contribution in [2.45, 2.75) is 4.90 Å². The highest BCUT2D eigenvalue weighted by molar-refractivity contribution is 7.89. The van der Waals surface area contributed by atoms with E-state index in [1.54, 1.807) is 12.1 Å². The van der Waals surface area contributed by atoms with E-state index < -0.39 is 44.2 Å². The fourth-order valence-electron chi connectivity index (χ4n) is 3.00. The van der Waals surface area contributed by atoms with E-state index in [-0.39, 0.29) is 44.1 Å². The summed E-state index contributed by atoms with van der Waals surface area (Å²) >= 11 is 0. The van der Waals surface area contributed by atoms with Gasteiger partial charge in [-0.1, -0.05) is 6.07 Å². The fraction of sp³-hybridized carbons (Fsp3) is 0.263. The van der Waals surface area contributed by atoms with Gasteiger partial charge in [-0.2, -0.15) is 4.31 Å². The zero-order chi connectivity index (χ0) is 22.8. The molecule has 1 saturated heterocycles. The minimum Gasteiger partial charge on any atom is -0.484 e. The maximum atomic E-state index is 13.9. The van der Waals surface area contributed by atoms with Crippen molar-refractivity contribution in [3.8, 4) is 5.75 Å². The second-order valence-corrected chi connectivity index (χ2v) is 8.55. The molecule has 31 heavy (non-hydrogen) atoms. The number of hydrogen-bond donors (Lipinski definition) is 1. The van der Waals surface area contributed by atoms with Crippen LogP contribution in [0.1, 0.15) is 10.4 Å². The molecule has 2 aromatic carbocycles. The van der Waals surface area contributed by atoms with E-state index in [9.17, 15) is 31.2 Å². The van der Waals surface area contributed by atoms with Crippen LogP contribution in [0.25, 0.3) is 0 Å². The molecule has 2 amide bonds. The highest BCUT2D eigenvalue weighted by Crippen LogP contribution is 2.24. The number of nitrogens with zero attached hydrogens (tertiary/aromatic N) is 2. The van der Waals surface area contributed by atoms with E-state index in [2.05, 4.69) is 0 Å². The van der Waals surface area contributed by atoms with Gasteiger partial charge in [0.05, 0.1) is 0 Å². The van der Waals surface area contributed by atoms with Gasteiger partial charge >= 0.3 is 0 Å². The molecule has 0 unspecified atom stereocenters. The maximum absolute atomic E-state index is 13.9. The SMILES string of the molecule is NC(=O)c1cccc(OCC(=O)N2CCN(S(=O)(=O)c3ccc(F)c(F)c3F)CC2)c1. The van der Waals surface area contributed by atoms with Gasteiger partial charge in [0.2, 0.25) is 15.9 Å². The number of primary amides is 1. The van der Waals surface area contributed by atoms with E-state index in [0.29, 0.717) is 12.1 Å². The lowest BCUT2D eigenvalue weighted by Gasteiger charge is -2.34. The normalized spacial score (nSPS) is 15.0. The highest BCUT2D eigenvalue weighted by Gasteiger charge is 2.33. The number of carbonyl (C=O) groups excluding carboxylic acids is 2. The lowest BCUT2D eigenvalue weighted by Crippen LogP contribution is -2.51. The Hall–Kier alpha value is -3.12. The average molecular weight is 457 g/mol. The molecule has 12 heteroatoms. The van der Waals surface area contributed by atoms with E-state index in [1.807, 2.05) is 0 Å². The number of amides is 2. The fourth-order valence-corrected chi connectivity index (χ4v) is 4.48. The second-order valence-electron chi connectivity index (χ2n) is 6.64. The Balaban J connectivity index is 1.60. The molecule has 3 rings (SSSR count). The van der Waals surface area contributed by atoms with Crippen molar-refractivity contribution < 1.29 is 35.9 Å². The van der Waals surface area contributed by atoms with E-state index in [0.717, 1.165) is 4.31 Å². The van der Waals surface area contributed by atoms with Crippen molar-refractivity contribution in [3.05, 3.63) is 59.4 Å². The summed E-state index contributed by atoms with van der Waals surface area (Å²) in [6.07, 6.45) is 0. The number of ether oxygens (including phenoxy) is 1. The number of benzene rings is 2. The predicted octanol–water partition coefficient (Wildman–Crippen LogP) is 1.11. The molecule has 0 atom stereocenters. The Morgan fingerprint density at radius 3 is 2.32 bits per heavy atom. The van der Waals surface area contributed by atoms with Crippen molar-refractivity contribution in [1.82, 2.24) is 9.21 Å². The van der Waals surface area contributed by atoms with Gasteiger partial charge < -0.3 is 15.4 Å². The quantitative estimate of drug-likeness (QED) is 0.654. The van der Waals surface area contributed by atoms with Gasteiger partial charge in [0.25, 0.3) is 5.91 Å². The van der Waals surface area contributed by atoms with Crippen LogP contribution < -0.4 is 10.5 Å². The van der Waals surface area contributed by atoms with E-state index in [4.69, 9.17) is 10.5 Å². The summed E-state index contributed by atoms with van der Waals surface area (Å²) in [5.74, 6) is -5.96.